The molecule has 1 aromatic carbocycles. The first kappa shape index (κ1) is 13.7. The van der Waals surface area contributed by atoms with E-state index < -0.39 is 6.10 Å². The van der Waals surface area contributed by atoms with Crippen LogP contribution in [0.3, 0.4) is 0 Å². The lowest BCUT2D eigenvalue weighted by atomic mass is 9.84. The van der Waals surface area contributed by atoms with E-state index in [0.29, 0.717) is 6.61 Å². The van der Waals surface area contributed by atoms with Gasteiger partial charge in [-0.3, -0.25) is 0 Å². The third-order valence-corrected chi connectivity index (χ3v) is 3.07. The second-order valence-electron chi connectivity index (χ2n) is 5.62. The van der Waals surface area contributed by atoms with E-state index in [1.807, 2.05) is 24.3 Å². The average Bonchev–Trinajstić information content (AvgIpc) is 2.36. The van der Waals surface area contributed by atoms with E-state index in [1.165, 1.54) is 0 Å². The smallest absolute Gasteiger partial charge is 0.351 e. The average molecular weight is 260 g/mol. The van der Waals surface area contributed by atoms with Crippen LogP contribution in [0.25, 0.3) is 6.08 Å². The molecule has 0 saturated heterocycles. The summed E-state index contributed by atoms with van der Waals surface area (Å²) in [6.45, 7) is 8.54. The number of carbonyl (C=O) groups excluding carboxylic acids is 1. The number of ether oxygens (including phenoxy) is 2. The molecule has 102 valence electrons. The zero-order valence-corrected chi connectivity index (χ0v) is 11.9. The van der Waals surface area contributed by atoms with E-state index >= 15 is 0 Å². The third kappa shape index (κ3) is 2.80. The molecule has 1 aliphatic heterocycles. The second-order valence-corrected chi connectivity index (χ2v) is 5.62. The first-order chi connectivity index (χ1) is 8.93. The van der Waals surface area contributed by atoms with Gasteiger partial charge in [-0.25, -0.2) is 4.79 Å². The zero-order valence-electron chi connectivity index (χ0n) is 11.9. The van der Waals surface area contributed by atoms with Crippen LogP contribution in [-0.2, 0) is 14.9 Å². The van der Waals surface area contributed by atoms with Crippen LogP contribution in [0, 0.1) is 0 Å². The van der Waals surface area contributed by atoms with Crippen LogP contribution in [0.2, 0.25) is 0 Å². The van der Waals surface area contributed by atoms with Gasteiger partial charge in [-0.2, -0.15) is 0 Å². The highest BCUT2D eigenvalue weighted by molar-refractivity contribution is 5.81. The summed E-state index contributed by atoms with van der Waals surface area (Å²) in [7, 11) is 0. The highest BCUT2D eigenvalue weighted by atomic mass is 16.6. The summed E-state index contributed by atoms with van der Waals surface area (Å²) in [4.78, 5) is 11.8. The van der Waals surface area contributed by atoms with Crippen molar-refractivity contribution in [1.82, 2.24) is 0 Å². The Kier molecular flexibility index (Phi) is 3.65. The van der Waals surface area contributed by atoms with Gasteiger partial charge in [0.2, 0.25) is 6.10 Å². The minimum atomic E-state index is -0.643. The summed E-state index contributed by atoms with van der Waals surface area (Å²) in [5.74, 6) is 0.448. The van der Waals surface area contributed by atoms with Crippen LogP contribution in [0.4, 0.5) is 0 Å². The van der Waals surface area contributed by atoms with E-state index in [-0.39, 0.29) is 11.4 Å². The Bertz CT molecular complexity index is 509. The van der Waals surface area contributed by atoms with Crippen molar-refractivity contribution >= 4 is 12.0 Å². The van der Waals surface area contributed by atoms with E-state index in [4.69, 9.17) is 9.47 Å². The van der Waals surface area contributed by atoms with Crippen molar-refractivity contribution in [3.05, 3.63) is 35.4 Å². The van der Waals surface area contributed by atoms with Crippen molar-refractivity contribution < 1.29 is 14.3 Å². The SMILES string of the molecule is CCOC(=O)C1C=Cc2cccc(C(C)(C)C)c2O1. The molecule has 0 fully saturated rings. The number of para-hydroxylation sites is 1. The standard InChI is InChI=1S/C16H20O3/c1-5-18-15(17)13-10-9-11-7-6-8-12(14(11)19-13)16(2,3)4/h6-10,13H,5H2,1-4H3. The molecule has 0 N–H and O–H groups in total. The molecule has 1 unspecified atom stereocenters. The Morgan fingerprint density at radius 1 is 1.37 bits per heavy atom. The minimum absolute atomic E-state index is 0.0320. The maximum absolute atomic E-state index is 11.8. The van der Waals surface area contributed by atoms with Crippen molar-refractivity contribution in [3.63, 3.8) is 0 Å². The van der Waals surface area contributed by atoms with Gasteiger partial charge in [0.1, 0.15) is 5.75 Å². The molecule has 0 aliphatic carbocycles. The van der Waals surface area contributed by atoms with Crippen molar-refractivity contribution in [1.29, 1.82) is 0 Å². The van der Waals surface area contributed by atoms with Gasteiger partial charge < -0.3 is 9.47 Å². The molecular weight excluding hydrogens is 240 g/mol. The molecule has 3 nitrogen and oxygen atoms in total. The van der Waals surface area contributed by atoms with Crippen LogP contribution in [0.5, 0.6) is 5.75 Å². The fourth-order valence-electron chi connectivity index (χ4n) is 2.12. The number of benzene rings is 1. The Morgan fingerprint density at radius 3 is 2.74 bits per heavy atom. The summed E-state index contributed by atoms with van der Waals surface area (Å²) >= 11 is 0. The molecule has 3 heteroatoms. The molecule has 2 rings (SSSR count). The molecule has 19 heavy (non-hydrogen) atoms. The van der Waals surface area contributed by atoms with Gasteiger partial charge in [0, 0.05) is 11.1 Å². The highest BCUT2D eigenvalue weighted by Gasteiger charge is 2.28. The summed E-state index contributed by atoms with van der Waals surface area (Å²) in [5.41, 5.74) is 2.08. The number of hydrogen-bond donors (Lipinski definition) is 0. The maximum atomic E-state index is 11.8. The topological polar surface area (TPSA) is 35.5 Å². The molecule has 0 amide bonds. The molecule has 1 aromatic rings. The Hall–Kier alpha value is -1.77. The highest BCUT2D eigenvalue weighted by Crippen LogP contribution is 2.37. The molecule has 1 atom stereocenters. The van der Waals surface area contributed by atoms with Gasteiger partial charge in [0.25, 0.3) is 0 Å². The Morgan fingerprint density at radius 2 is 2.11 bits per heavy atom. The predicted octanol–water partition coefficient (Wildman–Crippen LogP) is 3.32. The fourth-order valence-corrected chi connectivity index (χ4v) is 2.12. The van der Waals surface area contributed by atoms with Crippen LogP contribution in [0.1, 0.15) is 38.8 Å². The number of hydrogen-bond acceptors (Lipinski definition) is 3. The number of carbonyl (C=O) groups is 1. The minimum Gasteiger partial charge on any atom is -0.474 e. The van der Waals surface area contributed by atoms with Gasteiger partial charge in [0.15, 0.2) is 0 Å². The van der Waals surface area contributed by atoms with Gasteiger partial charge in [-0.1, -0.05) is 45.0 Å². The van der Waals surface area contributed by atoms with Crippen LogP contribution in [-0.4, -0.2) is 18.7 Å². The molecule has 0 saturated carbocycles. The zero-order chi connectivity index (χ0) is 14.0. The molecule has 0 radical (unpaired) electrons. The number of fused-ring (bicyclic) bond motifs is 1. The quantitative estimate of drug-likeness (QED) is 0.765. The van der Waals surface area contributed by atoms with E-state index in [2.05, 4.69) is 20.8 Å². The van der Waals surface area contributed by atoms with Crippen LogP contribution in [0.15, 0.2) is 24.3 Å². The van der Waals surface area contributed by atoms with Gasteiger partial charge in [-0.05, 0) is 18.4 Å². The normalized spacial score (nSPS) is 17.6. The van der Waals surface area contributed by atoms with Gasteiger partial charge in [0.05, 0.1) is 6.61 Å². The Balaban J connectivity index is 2.35. The molecular formula is C16H20O3. The monoisotopic (exact) mass is 260 g/mol. The number of esters is 1. The lowest BCUT2D eigenvalue weighted by Gasteiger charge is -2.28. The fraction of sp³-hybridized carbons (Fsp3) is 0.438. The first-order valence-corrected chi connectivity index (χ1v) is 6.58. The molecule has 1 heterocycles. The predicted molar refractivity (Wildman–Crippen MR) is 75.2 cm³/mol. The third-order valence-electron chi connectivity index (χ3n) is 3.07. The summed E-state index contributed by atoms with van der Waals surface area (Å²) in [6.07, 6.45) is 3.03. The molecule has 1 aliphatic rings. The summed E-state index contributed by atoms with van der Waals surface area (Å²) in [6, 6.07) is 6.04. The van der Waals surface area contributed by atoms with E-state index in [9.17, 15) is 4.79 Å². The van der Waals surface area contributed by atoms with Gasteiger partial charge in [-0.15, -0.1) is 0 Å². The van der Waals surface area contributed by atoms with Gasteiger partial charge >= 0.3 is 5.97 Å². The van der Waals surface area contributed by atoms with Crippen molar-refractivity contribution in [2.45, 2.75) is 39.2 Å². The lowest BCUT2D eigenvalue weighted by molar-refractivity contribution is -0.149. The number of rotatable bonds is 2. The van der Waals surface area contributed by atoms with Crippen LogP contribution < -0.4 is 4.74 Å². The second kappa shape index (κ2) is 5.08. The van der Waals surface area contributed by atoms with Crippen molar-refractivity contribution in [3.8, 4) is 5.75 Å². The van der Waals surface area contributed by atoms with Crippen molar-refractivity contribution in [2.24, 2.45) is 0 Å². The Labute approximate surface area is 114 Å². The largest absolute Gasteiger partial charge is 0.474 e. The van der Waals surface area contributed by atoms with E-state index in [1.54, 1.807) is 13.0 Å². The molecule has 0 aromatic heterocycles. The van der Waals surface area contributed by atoms with E-state index in [0.717, 1.165) is 16.9 Å². The summed E-state index contributed by atoms with van der Waals surface area (Å²) < 4.78 is 10.8. The lowest BCUT2D eigenvalue weighted by Crippen LogP contribution is -2.30. The van der Waals surface area contributed by atoms with Crippen molar-refractivity contribution in [2.75, 3.05) is 6.61 Å². The maximum Gasteiger partial charge on any atom is 0.351 e. The van der Waals surface area contributed by atoms with Crippen LogP contribution >= 0.6 is 0 Å². The summed E-state index contributed by atoms with van der Waals surface area (Å²) in [5, 5.41) is 0. The first-order valence-electron chi connectivity index (χ1n) is 6.58. The molecule has 0 spiro atoms. The molecule has 0 bridgehead atoms.